The Morgan fingerprint density at radius 1 is 1.06 bits per heavy atom. The van der Waals surface area contributed by atoms with Crippen LogP contribution in [0, 0.1) is 13.8 Å². The molecule has 168 valence electrons. The Morgan fingerprint density at radius 3 is 2.44 bits per heavy atom. The number of carbonyl (C=O) groups excluding carboxylic acids is 2. The van der Waals surface area contributed by atoms with Crippen LogP contribution in [0.4, 0.5) is 5.00 Å². The SMILES string of the molecule is CCOC(=O)c1c(NC(=O)Cn2cccc(C)c2=O)sc(C)c1-c1ccc(OCC)cc1. The third kappa shape index (κ3) is 5.08. The Labute approximate surface area is 190 Å². The number of anilines is 1. The van der Waals surface area contributed by atoms with Gasteiger partial charge in [0.1, 0.15) is 22.9 Å². The van der Waals surface area contributed by atoms with Gasteiger partial charge in [-0.2, -0.15) is 0 Å². The summed E-state index contributed by atoms with van der Waals surface area (Å²) in [6.07, 6.45) is 1.56. The van der Waals surface area contributed by atoms with E-state index in [1.54, 1.807) is 32.2 Å². The molecule has 3 aromatic rings. The van der Waals surface area contributed by atoms with Crippen LogP contribution >= 0.6 is 11.3 Å². The van der Waals surface area contributed by atoms with E-state index in [-0.39, 0.29) is 18.7 Å². The molecular formula is C24H26N2O5S. The lowest BCUT2D eigenvalue weighted by atomic mass is 10.0. The molecule has 0 radical (unpaired) electrons. The van der Waals surface area contributed by atoms with Crippen LogP contribution in [0.1, 0.15) is 34.6 Å². The third-order valence-corrected chi connectivity index (χ3v) is 5.82. The molecule has 0 bridgehead atoms. The molecule has 32 heavy (non-hydrogen) atoms. The van der Waals surface area contributed by atoms with Crippen molar-refractivity contribution >= 4 is 28.2 Å². The Kier molecular flexibility index (Phi) is 7.48. The molecule has 0 aliphatic heterocycles. The molecule has 8 heteroatoms. The lowest BCUT2D eigenvalue weighted by molar-refractivity contribution is -0.116. The van der Waals surface area contributed by atoms with Crippen LogP contribution in [0.5, 0.6) is 5.75 Å². The van der Waals surface area contributed by atoms with Crippen LogP contribution < -0.4 is 15.6 Å². The number of aryl methyl sites for hydroxylation is 2. The summed E-state index contributed by atoms with van der Waals surface area (Å²) < 4.78 is 12.1. The predicted octanol–water partition coefficient (Wildman–Crippen LogP) is 4.41. The van der Waals surface area contributed by atoms with Crippen molar-refractivity contribution in [3.05, 3.63) is 69.0 Å². The highest BCUT2D eigenvalue weighted by molar-refractivity contribution is 7.17. The van der Waals surface area contributed by atoms with E-state index in [4.69, 9.17) is 9.47 Å². The monoisotopic (exact) mass is 454 g/mol. The van der Waals surface area contributed by atoms with Crippen molar-refractivity contribution < 1.29 is 19.1 Å². The maximum absolute atomic E-state index is 12.8. The Hall–Kier alpha value is -3.39. The third-order valence-electron chi connectivity index (χ3n) is 4.80. The fourth-order valence-electron chi connectivity index (χ4n) is 3.36. The van der Waals surface area contributed by atoms with Crippen LogP contribution in [0.15, 0.2) is 47.4 Å². The summed E-state index contributed by atoms with van der Waals surface area (Å²) in [5.74, 6) is -0.176. The molecule has 2 heterocycles. The number of aromatic nitrogens is 1. The number of amides is 1. The number of pyridine rings is 1. The molecule has 0 fully saturated rings. The van der Waals surface area contributed by atoms with Crippen LogP contribution in [-0.4, -0.2) is 29.7 Å². The highest BCUT2D eigenvalue weighted by Gasteiger charge is 2.25. The molecule has 3 rings (SSSR count). The second kappa shape index (κ2) is 10.3. The lowest BCUT2D eigenvalue weighted by Crippen LogP contribution is -2.28. The van der Waals surface area contributed by atoms with E-state index in [9.17, 15) is 14.4 Å². The zero-order valence-corrected chi connectivity index (χ0v) is 19.4. The Balaban J connectivity index is 1.96. The zero-order chi connectivity index (χ0) is 23.3. The first kappa shape index (κ1) is 23.3. The van der Waals surface area contributed by atoms with Gasteiger partial charge in [-0.3, -0.25) is 9.59 Å². The summed E-state index contributed by atoms with van der Waals surface area (Å²) in [5.41, 5.74) is 2.16. The van der Waals surface area contributed by atoms with Gasteiger partial charge in [-0.15, -0.1) is 11.3 Å². The molecule has 0 aliphatic rings. The Morgan fingerprint density at radius 2 is 1.78 bits per heavy atom. The first-order valence-electron chi connectivity index (χ1n) is 10.3. The van der Waals surface area contributed by atoms with Gasteiger partial charge in [0.25, 0.3) is 5.56 Å². The van der Waals surface area contributed by atoms with Gasteiger partial charge in [-0.05, 0) is 51.5 Å². The number of hydrogen-bond donors (Lipinski definition) is 1. The van der Waals surface area contributed by atoms with E-state index in [1.165, 1.54) is 15.9 Å². The van der Waals surface area contributed by atoms with Crippen molar-refractivity contribution in [2.75, 3.05) is 18.5 Å². The molecule has 7 nitrogen and oxygen atoms in total. The maximum atomic E-state index is 12.8. The molecule has 2 aromatic heterocycles. The molecule has 1 N–H and O–H groups in total. The van der Waals surface area contributed by atoms with Crippen LogP contribution in [-0.2, 0) is 16.1 Å². The van der Waals surface area contributed by atoms with Gasteiger partial charge in [0.05, 0.1) is 13.2 Å². The molecule has 0 atom stereocenters. The van der Waals surface area contributed by atoms with Gasteiger partial charge < -0.3 is 19.4 Å². The Bertz CT molecular complexity index is 1180. The molecule has 0 unspecified atom stereocenters. The van der Waals surface area contributed by atoms with Crippen molar-refractivity contribution in [2.45, 2.75) is 34.2 Å². The van der Waals surface area contributed by atoms with E-state index in [1.807, 2.05) is 38.1 Å². The molecule has 1 amide bonds. The number of nitrogens with zero attached hydrogens (tertiary/aromatic N) is 1. The zero-order valence-electron chi connectivity index (χ0n) is 18.6. The fourth-order valence-corrected chi connectivity index (χ4v) is 4.45. The summed E-state index contributed by atoms with van der Waals surface area (Å²) in [6.45, 7) is 7.85. The van der Waals surface area contributed by atoms with Crippen molar-refractivity contribution in [1.29, 1.82) is 0 Å². The fraction of sp³-hybridized carbons (Fsp3) is 0.292. The lowest BCUT2D eigenvalue weighted by Gasteiger charge is -2.11. The number of ether oxygens (including phenoxy) is 2. The average molecular weight is 455 g/mol. The second-order valence-electron chi connectivity index (χ2n) is 7.09. The number of hydrogen-bond acceptors (Lipinski definition) is 6. The van der Waals surface area contributed by atoms with E-state index in [0.29, 0.717) is 28.3 Å². The predicted molar refractivity (Wildman–Crippen MR) is 126 cm³/mol. The van der Waals surface area contributed by atoms with Gasteiger partial charge >= 0.3 is 5.97 Å². The topological polar surface area (TPSA) is 86.6 Å². The summed E-state index contributed by atoms with van der Waals surface area (Å²) in [4.78, 5) is 38.6. The number of nitrogens with one attached hydrogen (secondary N) is 1. The van der Waals surface area contributed by atoms with Gasteiger partial charge in [0.2, 0.25) is 5.91 Å². The second-order valence-corrected chi connectivity index (χ2v) is 8.31. The smallest absolute Gasteiger partial charge is 0.341 e. The quantitative estimate of drug-likeness (QED) is 0.510. The molecule has 0 saturated heterocycles. The molecular weight excluding hydrogens is 428 g/mol. The summed E-state index contributed by atoms with van der Waals surface area (Å²) in [5, 5.41) is 3.20. The van der Waals surface area contributed by atoms with Gasteiger partial charge in [-0.1, -0.05) is 18.2 Å². The van der Waals surface area contributed by atoms with E-state index in [0.717, 1.165) is 16.2 Å². The first-order chi connectivity index (χ1) is 15.3. The first-order valence-corrected chi connectivity index (χ1v) is 11.2. The van der Waals surface area contributed by atoms with E-state index in [2.05, 4.69) is 5.32 Å². The average Bonchev–Trinajstić information content (AvgIpc) is 3.08. The minimum atomic E-state index is -0.510. The van der Waals surface area contributed by atoms with Crippen molar-refractivity contribution in [3.8, 4) is 16.9 Å². The standard InChI is InChI=1S/C24H26N2O5S/c1-5-30-18-11-9-17(10-12-18)20-16(4)32-22(21(20)24(29)31-6-2)25-19(27)14-26-13-7-8-15(3)23(26)28/h7-13H,5-6,14H2,1-4H3,(H,25,27). The van der Waals surface area contributed by atoms with E-state index >= 15 is 0 Å². The van der Waals surface area contributed by atoms with E-state index < -0.39 is 11.9 Å². The van der Waals surface area contributed by atoms with Crippen LogP contribution in [0.2, 0.25) is 0 Å². The highest BCUT2D eigenvalue weighted by atomic mass is 32.1. The van der Waals surface area contributed by atoms with Crippen molar-refractivity contribution in [2.24, 2.45) is 0 Å². The largest absolute Gasteiger partial charge is 0.494 e. The summed E-state index contributed by atoms with van der Waals surface area (Å²) in [7, 11) is 0. The number of esters is 1. The minimum Gasteiger partial charge on any atom is -0.494 e. The van der Waals surface area contributed by atoms with Gasteiger partial charge in [0.15, 0.2) is 0 Å². The molecule has 1 aromatic carbocycles. The number of benzene rings is 1. The summed E-state index contributed by atoms with van der Waals surface area (Å²) in [6, 6.07) is 10.8. The highest BCUT2D eigenvalue weighted by Crippen LogP contribution is 2.40. The summed E-state index contributed by atoms with van der Waals surface area (Å²) >= 11 is 1.30. The maximum Gasteiger partial charge on any atom is 0.341 e. The molecule has 0 spiro atoms. The van der Waals surface area contributed by atoms with Gasteiger partial charge in [-0.25, -0.2) is 4.79 Å². The van der Waals surface area contributed by atoms with Crippen LogP contribution in [0.3, 0.4) is 0 Å². The molecule has 0 aliphatic carbocycles. The normalized spacial score (nSPS) is 10.6. The number of carbonyl (C=O) groups is 2. The van der Waals surface area contributed by atoms with Crippen molar-refractivity contribution in [3.63, 3.8) is 0 Å². The molecule has 0 saturated carbocycles. The number of thiophene rings is 1. The van der Waals surface area contributed by atoms with Crippen LogP contribution in [0.25, 0.3) is 11.1 Å². The minimum absolute atomic E-state index is 0.155. The number of rotatable bonds is 8. The van der Waals surface area contributed by atoms with Crippen molar-refractivity contribution in [1.82, 2.24) is 4.57 Å². The van der Waals surface area contributed by atoms with Gasteiger partial charge in [0, 0.05) is 22.2 Å².